The third-order valence-electron chi connectivity index (χ3n) is 0.782. The fourth-order valence-electron chi connectivity index (χ4n) is 0.411. The number of rotatable bonds is 0. The van der Waals surface area contributed by atoms with E-state index >= 15 is 0 Å². The summed E-state index contributed by atoms with van der Waals surface area (Å²) in [4.78, 5) is 3.87. The lowest BCUT2D eigenvalue weighted by atomic mass is 10.5. The van der Waals surface area contributed by atoms with Gasteiger partial charge in [0.05, 0.1) is 10.7 Å². The molecular formula is C5H3BrINO. The maximum atomic E-state index is 8.84. The van der Waals surface area contributed by atoms with E-state index in [9.17, 15) is 0 Å². The number of aromatic hydroxyl groups is 1. The molecule has 0 saturated carbocycles. The van der Waals surface area contributed by atoms with Crippen LogP contribution in [0.3, 0.4) is 0 Å². The van der Waals surface area contributed by atoms with Crippen molar-refractivity contribution in [1.82, 2.24) is 4.98 Å². The third kappa shape index (κ3) is 1.79. The van der Waals surface area contributed by atoms with Gasteiger partial charge >= 0.3 is 0 Å². The van der Waals surface area contributed by atoms with Gasteiger partial charge in [-0.25, -0.2) is 4.98 Å². The molecule has 48 valence electrons. The molecule has 0 radical (unpaired) electrons. The molecule has 0 aliphatic carbocycles. The monoisotopic (exact) mass is 299 g/mol. The fourth-order valence-corrected chi connectivity index (χ4v) is 1.04. The van der Waals surface area contributed by atoms with Crippen molar-refractivity contribution in [3.05, 3.63) is 20.4 Å². The van der Waals surface area contributed by atoms with Gasteiger partial charge in [-0.05, 0) is 44.6 Å². The van der Waals surface area contributed by atoms with Crippen molar-refractivity contribution in [2.24, 2.45) is 0 Å². The summed E-state index contributed by atoms with van der Waals surface area (Å²) >= 11 is 5.29. The Balaban J connectivity index is 3.17. The zero-order valence-corrected chi connectivity index (χ0v) is 8.05. The molecule has 0 aromatic carbocycles. The second-order valence-corrected chi connectivity index (χ2v) is 3.34. The first kappa shape index (κ1) is 7.27. The molecular weight excluding hydrogens is 297 g/mol. The SMILES string of the molecule is Oc1cnc(I)c(Br)c1. The zero-order chi connectivity index (χ0) is 6.85. The van der Waals surface area contributed by atoms with E-state index in [1.54, 1.807) is 6.07 Å². The summed E-state index contributed by atoms with van der Waals surface area (Å²) < 4.78 is 1.67. The lowest BCUT2D eigenvalue weighted by Crippen LogP contribution is -1.78. The Morgan fingerprint density at radius 1 is 1.67 bits per heavy atom. The number of nitrogens with zero attached hydrogens (tertiary/aromatic N) is 1. The lowest BCUT2D eigenvalue weighted by Gasteiger charge is -1.93. The van der Waals surface area contributed by atoms with E-state index in [2.05, 4.69) is 43.5 Å². The van der Waals surface area contributed by atoms with E-state index in [0.29, 0.717) is 0 Å². The summed E-state index contributed by atoms with van der Waals surface area (Å²) in [6.07, 6.45) is 1.41. The second kappa shape index (κ2) is 2.83. The molecule has 9 heavy (non-hydrogen) atoms. The van der Waals surface area contributed by atoms with Crippen molar-refractivity contribution in [3.63, 3.8) is 0 Å². The molecule has 0 aliphatic heterocycles. The summed E-state index contributed by atoms with van der Waals surface area (Å²) in [6, 6.07) is 1.61. The van der Waals surface area contributed by atoms with Crippen molar-refractivity contribution in [1.29, 1.82) is 0 Å². The van der Waals surface area contributed by atoms with Gasteiger partial charge in [-0.1, -0.05) is 0 Å². The molecule has 0 atom stereocenters. The molecule has 1 rings (SSSR count). The highest BCUT2D eigenvalue weighted by Gasteiger charge is 1.96. The first-order chi connectivity index (χ1) is 4.20. The van der Waals surface area contributed by atoms with Gasteiger partial charge in [-0.2, -0.15) is 0 Å². The van der Waals surface area contributed by atoms with Gasteiger partial charge in [0.15, 0.2) is 0 Å². The van der Waals surface area contributed by atoms with Gasteiger partial charge in [-0.15, -0.1) is 0 Å². The van der Waals surface area contributed by atoms with Crippen molar-refractivity contribution < 1.29 is 5.11 Å². The summed E-state index contributed by atoms with van der Waals surface area (Å²) in [5.74, 6) is 0.183. The molecule has 1 aromatic heterocycles. The Hall–Kier alpha value is 0.160. The van der Waals surface area contributed by atoms with Gasteiger partial charge in [0, 0.05) is 0 Å². The van der Waals surface area contributed by atoms with E-state index in [-0.39, 0.29) is 5.75 Å². The first-order valence-corrected chi connectivity index (χ1v) is 4.07. The normalized spacial score (nSPS) is 9.56. The third-order valence-corrected chi connectivity index (χ3v) is 2.99. The van der Waals surface area contributed by atoms with E-state index < -0.39 is 0 Å². The number of halogens is 2. The Labute approximate surface area is 74.6 Å². The van der Waals surface area contributed by atoms with E-state index in [4.69, 9.17) is 5.11 Å². The topological polar surface area (TPSA) is 33.1 Å². The van der Waals surface area contributed by atoms with Crippen LogP contribution >= 0.6 is 38.5 Å². The summed E-state index contributed by atoms with van der Waals surface area (Å²) in [6.45, 7) is 0. The lowest BCUT2D eigenvalue weighted by molar-refractivity contribution is 0.472. The second-order valence-electron chi connectivity index (χ2n) is 1.47. The average Bonchev–Trinajstić information content (AvgIpc) is 1.80. The molecule has 1 N–H and O–H groups in total. The van der Waals surface area contributed by atoms with E-state index in [0.717, 1.165) is 8.17 Å². The maximum Gasteiger partial charge on any atom is 0.135 e. The highest BCUT2D eigenvalue weighted by atomic mass is 127. The van der Waals surface area contributed by atoms with Crippen LogP contribution in [0.25, 0.3) is 0 Å². The van der Waals surface area contributed by atoms with Crippen molar-refractivity contribution in [2.45, 2.75) is 0 Å². The van der Waals surface area contributed by atoms with Crippen LogP contribution in [0.4, 0.5) is 0 Å². The Bertz CT molecular complexity index is 228. The van der Waals surface area contributed by atoms with Crippen LogP contribution in [-0.2, 0) is 0 Å². The van der Waals surface area contributed by atoms with Gasteiger partial charge in [0.1, 0.15) is 9.45 Å². The summed E-state index contributed by atoms with van der Waals surface area (Å²) in [7, 11) is 0. The number of hydrogen-bond acceptors (Lipinski definition) is 2. The van der Waals surface area contributed by atoms with Crippen molar-refractivity contribution in [2.75, 3.05) is 0 Å². The van der Waals surface area contributed by atoms with E-state index in [1.165, 1.54) is 6.20 Å². The van der Waals surface area contributed by atoms with Crippen molar-refractivity contribution >= 4 is 38.5 Å². The van der Waals surface area contributed by atoms with Crippen LogP contribution in [0.15, 0.2) is 16.7 Å². The predicted octanol–water partition coefficient (Wildman–Crippen LogP) is 2.15. The zero-order valence-electron chi connectivity index (χ0n) is 4.31. The van der Waals surface area contributed by atoms with E-state index in [1.807, 2.05) is 0 Å². The van der Waals surface area contributed by atoms with Crippen LogP contribution in [-0.4, -0.2) is 10.1 Å². The van der Waals surface area contributed by atoms with Gasteiger partial charge < -0.3 is 5.11 Å². The highest BCUT2D eigenvalue weighted by Crippen LogP contribution is 2.20. The van der Waals surface area contributed by atoms with Crippen molar-refractivity contribution in [3.8, 4) is 5.75 Å². The van der Waals surface area contributed by atoms with Crippen LogP contribution in [0, 0.1) is 3.70 Å². The molecule has 0 spiro atoms. The maximum absolute atomic E-state index is 8.84. The molecule has 0 fully saturated rings. The number of hydrogen-bond donors (Lipinski definition) is 1. The highest BCUT2D eigenvalue weighted by molar-refractivity contribution is 14.1. The molecule has 0 saturated heterocycles. The molecule has 2 nitrogen and oxygen atoms in total. The molecule has 0 aliphatic rings. The molecule has 0 unspecified atom stereocenters. The number of pyridine rings is 1. The molecule has 0 amide bonds. The molecule has 4 heteroatoms. The average molecular weight is 300 g/mol. The smallest absolute Gasteiger partial charge is 0.135 e. The standard InChI is InChI=1S/C5H3BrINO/c6-4-1-3(9)2-8-5(4)7/h1-2,9H. The van der Waals surface area contributed by atoms with Crippen LogP contribution < -0.4 is 0 Å². The molecule has 1 heterocycles. The number of aromatic nitrogens is 1. The Morgan fingerprint density at radius 2 is 2.33 bits per heavy atom. The minimum atomic E-state index is 0.183. The fraction of sp³-hybridized carbons (Fsp3) is 0. The summed E-state index contributed by atoms with van der Waals surface area (Å²) in [5.41, 5.74) is 0. The minimum absolute atomic E-state index is 0.183. The van der Waals surface area contributed by atoms with Gasteiger partial charge in [-0.3, -0.25) is 0 Å². The minimum Gasteiger partial charge on any atom is -0.506 e. The predicted molar refractivity (Wildman–Crippen MR) is 46.3 cm³/mol. The molecule has 1 aromatic rings. The summed E-state index contributed by atoms with van der Waals surface area (Å²) in [5, 5.41) is 8.84. The molecule has 0 bridgehead atoms. The van der Waals surface area contributed by atoms with Gasteiger partial charge in [0.25, 0.3) is 0 Å². The van der Waals surface area contributed by atoms with Crippen LogP contribution in [0.1, 0.15) is 0 Å². The van der Waals surface area contributed by atoms with Crippen LogP contribution in [0.5, 0.6) is 5.75 Å². The first-order valence-electron chi connectivity index (χ1n) is 2.20. The Kier molecular flexibility index (Phi) is 2.29. The van der Waals surface area contributed by atoms with Gasteiger partial charge in [0.2, 0.25) is 0 Å². The Morgan fingerprint density at radius 3 is 2.78 bits per heavy atom. The quantitative estimate of drug-likeness (QED) is 0.588. The van der Waals surface area contributed by atoms with Crippen LogP contribution in [0.2, 0.25) is 0 Å². The largest absolute Gasteiger partial charge is 0.506 e.